The van der Waals surface area contributed by atoms with Gasteiger partial charge in [0.15, 0.2) is 11.5 Å². The monoisotopic (exact) mass is 417 g/mol. The Kier molecular flexibility index (Phi) is 6.77. The van der Waals surface area contributed by atoms with Crippen LogP contribution in [0.4, 0.5) is 0 Å². The van der Waals surface area contributed by atoms with Crippen molar-refractivity contribution >= 4 is 5.91 Å². The van der Waals surface area contributed by atoms with Gasteiger partial charge in [-0.15, -0.1) is 0 Å². The molecule has 3 heterocycles. The predicted octanol–water partition coefficient (Wildman–Crippen LogP) is 4.16. The van der Waals surface area contributed by atoms with Crippen LogP contribution in [-0.4, -0.2) is 41.0 Å². The topological polar surface area (TPSA) is 64.5 Å². The lowest BCUT2D eigenvalue weighted by Gasteiger charge is -2.33. The van der Waals surface area contributed by atoms with Gasteiger partial charge < -0.3 is 14.4 Å². The Morgan fingerprint density at radius 3 is 2.84 bits per heavy atom. The number of pyridine rings is 2. The molecule has 1 aromatic carbocycles. The molecular formula is C25H27N3O3. The molecule has 0 unspecified atom stereocenters. The molecule has 1 aliphatic heterocycles. The first-order valence-corrected chi connectivity index (χ1v) is 10.6. The van der Waals surface area contributed by atoms with Gasteiger partial charge in [0.05, 0.1) is 18.4 Å². The minimum atomic E-state index is -0.0224. The Morgan fingerprint density at radius 2 is 2.06 bits per heavy atom. The molecule has 160 valence electrons. The zero-order valence-electron chi connectivity index (χ0n) is 17.7. The number of para-hydroxylation sites is 1. The molecular weight excluding hydrogens is 390 g/mol. The molecule has 0 radical (unpaired) electrons. The van der Waals surface area contributed by atoms with Gasteiger partial charge in [-0.25, -0.2) is 0 Å². The molecule has 0 saturated carbocycles. The van der Waals surface area contributed by atoms with Crippen molar-refractivity contribution in [3.63, 3.8) is 0 Å². The van der Waals surface area contributed by atoms with Crippen molar-refractivity contribution in [2.24, 2.45) is 5.92 Å². The number of hydrogen-bond donors (Lipinski definition) is 0. The van der Waals surface area contributed by atoms with E-state index in [1.807, 2.05) is 53.6 Å². The highest BCUT2D eigenvalue weighted by molar-refractivity contribution is 5.98. The van der Waals surface area contributed by atoms with Gasteiger partial charge in [-0.1, -0.05) is 18.2 Å². The summed E-state index contributed by atoms with van der Waals surface area (Å²) in [5.41, 5.74) is 2.53. The highest BCUT2D eigenvalue weighted by atomic mass is 16.5. The second-order valence-corrected chi connectivity index (χ2v) is 7.77. The van der Waals surface area contributed by atoms with Crippen LogP contribution in [0.3, 0.4) is 0 Å². The molecule has 0 spiro atoms. The fourth-order valence-electron chi connectivity index (χ4n) is 4.06. The van der Waals surface area contributed by atoms with E-state index in [0.29, 0.717) is 23.0 Å². The molecule has 3 aromatic rings. The standard InChI is InChI=1S/C25H27N3O3/c1-30-23-11-4-10-22(24(23)31-18-21-9-2-3-13-27-21)25(29)28-14-6-8-20(17-28)15-19-7-5-12-26-16-19/h2-5,7,9-13,16,20H,6,8,14-15,17-18H2,1H3/t20-/m1/s1. The molecule has 2 aromatic heterocycles. The highest BCUT2D eigenvalue weighted by Crippen LogP contribution is 2.33. The minimum Gasteiger partial charge on any atom is -0.493 e. The Bertz CT molecular complexity index is 995. The normalized spacial score (nSPS) is 16.0. The Morgan fingerprint density at radius 1 is 1.13 bits per heavy atom. The summed E-state index contributed by atoms with van der Waals surface area (Å²) in [5.74, 6) is 1.41. The summed E-state index contributed by atoms with van der Waals surface area (Å²) in [6.45, 7) is 1.75. The van der Waals surface area contributed by atoms with E-state index >= 15 is 0 Å². The van der Waals surface area contributed by atoms with E-state index in [-0.39, 0.29) is 12.5 Å². The van der Waals surface area contributed by atoms with Crippen molar-refractivity contribution in [2.45, 2.75) is 25.9 Å². The molecule has 31 heavy (non-hydrogen) atoms. The SMILES string of the molecule is COc1cccc(C(=O)N2CCC[C@H](Cc3cccnc3)C2)c1OCc1ccccn1. The van der Waals surface area contributed by atoms with E-state index in [9.17, 15) is 4.79 Å². The first kappa shape index (κ1) is 20.8. The quantitative estimate of drug-likeness (QED) is 0.578. The fourth-order valence-corrected chi connectivity index (χ4v) is 4.06. The summed E-state index contributed by atoms with van der Waals surface area (Å²) in [6.07, 6.45) is 8.45. The van der Waals surface area contributed by atoms with Gasteiger partial charge in [-0.05, 0) is 61.1 Å². The lowest BCUT2D eigenvalue weighted by molar-refractivity contribution is 0.0667. The minimum absolute atomic E-state index is 0.0224. The maximum Gasteiger partial charge on any atom is 0.257 e. The van der Waals surface area contributed by atoms with E-state index in [0.717, 1.165) is 38.0 Å². The average molecular weight is 418 g/mol. The van der Waals surface area contributed by atoms with Gasteiger partial charge in [-0.2, -0.15) is 0 Å². The second-order valence-electron chi connectivity index (χ2n) is 7.77. The van der Waals surface area contributed by atoms with Gasteiger partial charge in [-0.3, -0.25) is 14.8 Å². The van der Waals surface area contributed by atoms with Crippen LogP contribution in [-0.2, 0) is 13.0 Å². The third-order valence-electron chi connectivity index (χ3n) is 5.57. The van der Waals surface area contributed by atoms with Crippen LogP contribution in [0.1, 0.15) is 34.5 Å². The van der Waals surface area contributed by atoms with Gasteiger partial charge in [0.25, 0.3) is 5.91 Å². The maximum atomic E-state index is 13.5. The highest BCUT2D eigenvalue weighted by Gasteiger charge is 2.27. The molecule has 0 bridgehead atoms. The molecule has 1 saturated heterocycles. The number of hydrogen-bond acceptors (Lipinski definition) is 5. The molecule has 1 fully saturated rings. The first-order chi connectivity index (χ1) is 15.2. The molecule has 4 rings (SSSR count). The van der Waals surface area contributed by atoms with Crippen molar-refractivity contribution in [3.8, 4) is 11.5 Å². The number of nitrogens with zero attached hydrogens (tertiary/aromatic N) is 3. The third-order valence-corrected chi connectivity index (χ3v) is 5.57. The summed E-state index contributed by atoms with van der Waals surface area (Å²) >= 11 is 0. The number of methoxy groups -OCH3 is 1. The third kappa shape index (κ3) is 5.20. The average Bonchev–Trinajstić information content (AvgIpc) is 2.83. The van der Waals surface area contributed by atoms with Gasteiger partial charge in [0, 0.05) is 31.7 Å². The zero-order chi connectivity index (χ0) is 21.5. The van der Waals surface area contributed by atoms with Crippen molar-refractivity contribution in [3.05, 3.63) is 83.9 Å². The summed E-state index contributed by atoms with van der Waals surface area (Å²) < 4.78 is 11.5. The van der Waals surface area contributed by atoms with Crippen LogP contribution in [0.25, 0.3) is 0 Å². The zero-order valence-corrected chi connectivity index (χ0v) is 17.7. The number of aromatic nitrogens is 2. The van der Waals surface area contributed by atoms with Crippen molar-refractivity contribution in [1.29, 1.82) is 0 Å². The summed E-state index contributed by atoms with van der Waals surface area (Å²) in [5, 5.41) is 0. The number of piperidine rings is 1. The summed E-state index contributed by atoms with van der Waals surface area (Å²) in [4.78, 5) is 23.9. The van der Waals surface area contributed by atoms with Crippen molar-refractivity contribution in [2.75, 3.05) is 20.2 Å². The number of carbonyl (C=O) groups is 1. The molecule has 0 aliphatic carbocycles. The smallest absolute Gasteiger partial charge is 0.257 e. The van der Waals surface area contributed by atoms with Gasteiger partial charge in [0.2, 0.25) is 0 Å². The van der Waals surface area contributed by atoms with E-state index in [1.54, 1.807) is 19.5 Å². The van der Waals surface area contributed by atoms with Crippen LogP contribution in [0.5, 0.6) is 11.5 Å². The summed E-state index contributed by atoms with van der Waals surface area (Å²) in [6, 6.07) is 15.2. The predicted molar refractivity (Wildman–Crippen MR) is 118 cm³/mol. The summed E-state index contributed by atoms with van der Waals surface area (Å²) in [7, 11) is 1.59. The number of benzene rings is 1. The Hall–Kier alpha value is -3.41. The number of ether oxygens (including phenoxy) is 2. The van der Waals surface area contributed by atoms with Crippen LogP contribution >= 0.6 is 0 Å². The second kappa shape index (κ2) is 10.1. The molecule has 1 aliphatic rings. The van der Waals surface area contributed by atoms with Gasteiger partial charge in [0.1, 0.15) is 6.61 Å². The molecule has 1 amide bonds. The van der Waals surface area contributed by atoms with E-state index in [1.165, 1.54) is 5.56 Å². The van der Waals surface area contributed by atoms with Crippen molar-refractivity contribution < 1.29 is 14.3 Å². The van der Waals surface area contributed by atoms with E-state index in [2.05, 4.69) is 16.0 Å². The number of rotatable bonds is 7. The van der Waals surface area contributed by atoms with Crippen molar-refractivity contribution in [1.82, 2.24) is 14.9 Å². The van der Waals surface area contributed by atoms with E-state index < -0.39 is 0 Å². The van der Waals surface area contributed by atoms with E-state index in [4.69, 9.17) is 9.47 Å². The number of carbonyl (C=O) groups excluding carboxylic acids is 1. The Labute approximate surface area is 182 Å². The molecule has 0 N–H and O–H groups in total. The van der Waals surface area contributed by atoms with Crippen LogP contribution in [0, 0.1) is 5.92 Å². The lowest BCUT2D eigenvalue weighted by Crippen LogP contribution is -2.40. The lowest BCUT2D eigenvalue weighted by atomic mass is 9.91. The number of likely N-dealkylation sites (tertiary alicyclic amines) is 1. The molecule has 6 nitrogen and oxygen atoms in total. The van der Waals surface area contributed by atoms with Gasteiger partial charge >= 0.3 is 0 Å². The largest absolute Gasteiger partial charge is 0.493 e. The fraction of sp³-hybridized carbons (Fsp3) is 0.320. The Balaban J connectivity index is 1.50. The number of amides is 1. The molecule has 6 heteroatoms. The van der Waals surface area contributed by atoms with Crippen LogP contribution < -0.4 is 9.47 Å². The first-order valence-electron chi connectivity index (χ1n) is 10.6. The maximum absolute atomic E-state index is 13.5. The molecule has 1 atom stereocenters. The van der Waals surface area contributed by atoms with Crippen LogP contribution in [0.2, 0.25) is 0 Å². The van der Waals surface area contributed by atoms with Crippen LogP contribution in [0.15, 0.2) is 67.1 Å².